The van der Waals surface area contributed by atoms with E-state index in [9.17, 15) is 4.79 Å². The van der Waals surface area contributed by atoms with Gasteiger partial charge in [-0.3, -0.25) is 9.48 Å². The van der Waals surface area contributed by atoms with E-state index < -0.39 is 0 Å². The zero-order chi connectivity index (χ0) is 19.9. The van der Waals surface area contributed by atoms with Crippen molar-refractivity contribution < 1.29 is 4.79 Å². The summed E-state index contributed by atoms with van der Waals surface area (Å²) >= 11 is 0. The molecule has 1 amide bonds. The first kappa shape index (κ1) is 19.3. The molecule has 0 radical (unpaired) electrons. The van der Waals surface area contributed by atoms with Crippen molar-refractivity contribution in [2.75, 3.05) is 0 Å². The van der Waals surface area contributed by atoms with Crippen molar-refractivity contribution >= 4 is 17.7 Å². The van der Waals surface area contributed by atoms with Crippen molar-refractivity contribution in [2.24, 2.45) is 5.10 Å². The summed E-state index contributed by atoms with van der Waals surface area (Å²) < 4.78 is 1.96. The van der Waals surface area contributed by atoms with Crippen LogP contribution in [0.5, 0.6) is 0 Å². The zero-order valence-corrected chi connectivity index (χ0v) is 16.4. The number of carbonyl (C=O) groups excluding carboxylic acids is 1. The molecule has 1 heterocycles. The molecule has 5 nitrogen and oxygen atoms in total. The van der Waals surface area contributed by atoms with E-state index in [0.29, 0.717) is 12.1 Å². The zero-order valence-electron chi connectivity index (χ0n) is 16.4. The van der Waals surface area contributed by atoms with Crippen LogP contribution in [0.15, 0.2) is 71.8 Å². The Kier molecular flexibility index (Phi) is 6.17. The van der Waals surface area contributed by atoms with Gasteiger partial charge in [-0.1, -0.05) is 48.5 Å². The lowest BCUT2D eigenvalue weighted by Crippen LogP contribution is -2.18. The van der Waals surface area contributed by atoms with E-state index in [4.69, 9.17) is 0 Å². The number of amides is 1. The van der Waals surface area contributed by atoms with Gasteiger partial charge >= 0.3 is 0 Å². The maximum absolute atomic E-state index is 12.3. The molecule has 1 aromatic heterocycles. The van der Waals surface area contributed by atoms with Gasteiger partial charge in [0.15, 0.2) is 0 Å². The fraction of sp³-hybridized carbons (Fsp3) is 0.174. The average Bonchev–Trinajstić information content (AvgIpc) is 3.02. The van der Waals surface area contributed by atoms with Crippen LogP contribution >= 0.6 is 0 Å². The first-order chi connectivity index (χ1) is 13.5. The molecule has 0 aliphatic carbocycles. The second-order valence-electron chi connectivity index (χ2n) is 6.72. The van der Waals surface area contributed by atoms with Crippen LogP contribution in [0, 0.1) is 13.8 Å². The van der Waals surface area contributed by atoms with Crippen LogP contribution in [0.4, 0.5) is 0 Å². The molecule has 2 aromatic carbocycles. The smallest absolute Gasteiger partial charge is 0.267 e. The van der Waals surface area contributed by atoms with E-state index in [2.05, 4.69) is 15.6 Å². The number of nitrogens with zero attached hydrogens (tertiary/aromatic N) is 3. The summed E-state index contributed by atoms with van der Waals surface area (Å²) in [5.74, 6) is -0.231. The number of allylic oxidation sites excluding steroid dienone is 1. The predicted molar refractivity (Wildman–Crippen MR) is 113 cm³/mol. The van der Waals surface area contributed by atoms with Crippen molar-refractivity contribution in [1.29, 1.82) is 0 Å². The summed E-state index contributed by atoms with van der Waals surface area (Å²) in [7, 11) is 0. The molecule has 0 fully saturated rings. The van der Waals surface area contributed by atoms with Crippen molar-refractivity contribution in [2.45, 2.75) is 27.3 Å². The Balaban J connectivity index is 1.58. The first-order valence-corrected chi connectivity index (χ1v) is 9.19. The number of benzene rings is 2. The summed E-state index contributed by atoms with van der Waals surface area (Å²) in [6, 6.07) is 19.5. The lowest BCUT2D eigenvalue weighted by molar-refractivity contribution is 0.0955. The van der Waals surface area contributed by atoms with E-state index in [-0.39, 0.29) is 5.91 Å². The molecule has 0 unspecified atom stereocenters. The van der Waals surface area contributed by atoms with Gasteiger partial charge in [0.2, 0.25) is 0 Å². The molecule has 0 bridgehead atoms. The van der Waals surface area contributed by atoms with Gasteiger partial charge in [-0.05, 0) is 56.2 Å². The van der Waals surface area contributed by atoms with E-state index in [0.717, 1.165) is 28.2 Å². The second kappa shape index (κ2) is 8.95. The third-order valence-electron chi connectivity index (χ3n) is 4.30. The quantitative estimate of drug-likeness (QED) is 0.516. The fourth-order valence-electron chi connectivity index (χ4n) is 2.79. The van der Waals surface area contributed by atoms with Crippen molar-refractivity contribution in [3.8, 4) is 0 Å². The van der Waals surface area contributed by atoms with Gasteiger partial charge < -0.3 is 0 Å². The summed E-state index contributed by atoms with van der Waals surface area (Å²) in [6.07, 6.45) is 3.83. The number of rotatable bonds is 6. The standard InChI is InChI=1S/C23H24N4O/c1-17(9-10-20-7-5-4-6-8-20)24-25-23(28)22-13-11-21(12-14-22)16-27-19(3)15-18(2)26-27/h4-15H,16H2,1-3H3,(H,25,28)/b10-9+,24-17+. The largest absolute Gasteiger partial charge is 0.271 e. The van der Waals surface area contributed by atoms with Crippen molar-refractivity contribution in [1.82, 2.24) is 15.2 Å². The van der Waals surface area contributed by atoms with Gasteiger partial charge in [0, 0.05) is 11.3 Å². The Morgan fingerprint density at radius 2 is 1.82 bits per heavy atom. The van der Waals surface area contributed by atoms with Gasteiger partial charge in [0.05, 0.1) is 18.0 Å². The van der Waals surface area contributed by atoms with Crippen LogP contribution in [0.2, 0.25) is 0 Å². The van der Waals surface area contributed by atoms with Crippen molar-refractivity contribution in [3.05, 3.63) is 94.8 Å². The molecule has 0 spiro atoms. The van der Waals surface area contributed by atoms with Crippen LogP contribution in [0.1, 0.15) is 39.8 Å². The van der Waals surface area contributed by atoms with Gasteiger partial charge in [-0.25, -0.2) is 5.43 Å². The minimum Gasteiger partial charge on any atom is -0.267 e. The summed E-state index contributed by atoms with van der Waals surface area (Å²) in [5, 5.41) is 8.60. The summed E-state index contributed by atoms with van der Waals surface area (Å²) in [4.78, 5) is 12.3. The monoisotopic (exact) mass is 372 g/mol. The van der Waals surface area contributed by atoms with E-state index in [1.807, 2.05) is 86.1 Å². The molecule has 3 aromatic rings. The minimum absolute atomic E-state index is 0.231. The number of aryl methyl sites for hydroxylation is 2. The first-order valence-electron chi connectivity index (χ1n) is 9.19. The van der Waals surface area contributed by atoms with Gasteiger partial charge in [-0.15, -0.1) is 0 Å². The highest BCUT2D eigenvalue weighted by molar-refractivity contribution is 5.99. The molecule has 0 aliphatic heterocycles. The van der Waals surface area contributed by atoms with Crippen LogP contribution in [-0.4, -0.2) is 21.4 Å². The van der Waals surface area contributed by atoms with Gasteiger partial charge in [-0.2, -0.15) is 10.2 Å². The summed E-state index contributed by atoms with van der Waals surface area (Å²) in [6.45, 7) is 6.54. The molecule has 142 valence electrons. The normalized spacial score (nSPS) is 11.8. The average molecular weight is 372 g/mol. The van der Waals surface area contributed by atoms with Crippen LogP contribution in [0.3, 0.4) is 0 Å². The molecule has 5 heteroatoms. The lowest BCUT2D eigenvalue weighted by Gasteiger charge is -2.06. The Bertz CT molecular complexity index is 999. The van der Waals surface area contributed by atoms with Crippen LogP contribution in [-0.2, 0) is 6.54 Å². The third-order valence-corrected chi connectivity index (χ3v) is 4.30. The highest BCUT2D eigenvalue weighted by Crippen LogP contribution is 2.09. The molecule has 1 N–H and O–H groups in total. The number of carbonyl (C=O) groups is 1. The SMILES string of the molecule is CC(/C=C/c1ccccc1)=N\NC(=O)c1ccc(Cn2nc(C)cc2C)cc1. The Hall–Kier alpha value is -3.47. The molecule has 0 saturated heterocycles. The predicted octanol–water partition coefficient (Wildman–Crippen LogP) is 4.37. The molecule has 0 atom stereocenters. The Morgan fingerprint density at radius 1 is 1.11 bits per heavy atom. The number of hydrogen-bond donors (Lipinski definition) is 1. The molecule has 0 aliphatic rings. The maximum atomic E-state index is 12.3. The number of hydrazone groups is 1. The maximum Gasteiger partial charge on any atom is 0.271 e. The van der Waals surface area contributed by atoms with E-state index in [1.54, 1.807) is 12.1 Å². The summed E-state index contributed by atoms with van der Waals surface area (Å²) in [5.41, 5.74) is 8.18. The van der Waals surface area contributed by atoms with Crippen LogP contribution in [0.25, 0.3) is 6.08 Å². The van der Waals surface area contributed by atoms with E-state index in [1.165, 1.54) is 0 Å². The number of nitrogens with one attached hydrogen (secondary N) is 1. The fourth-order valence-corrected chi connectivity index (χ4v) is 2.79. The molecule has 3 rings (SSSR count). The highest BCUT2D eigenvalue weighted by Gasteiger charge is 2.06. The third kappa shape index (κ3) is 5.27. The number of hydrogen-bond acceptors (Lipinski definition) is 3. The van der Waals surface area contributed by atoms with Gasteiger partial charge in [0.25, 0.3) is 5.91 Å². The highest BCUT2D eigenvalue weighted by atomic mass is 16.2. The molecular formula is C23H24N4O. The molecule has 0 saturated carbocycles. The lowest BCUT2D eigenvalue weighted by atomic mass is 10.1. The molecule has 28 heavy (non-hydrogen) atoms. The Labute approximate surface area is 165 Å². The topological polar surface area (TPSA) is 59.3 Å². The number of aromatic nitrogens is 2. The Morgan fingerprint density at radius 3 is 2.46 bits per heavy atom. The second-order valence-corrected chi connectivity index (χ2v) is 6.72. The van der Waals surface area contributed by atoms with E-state index >= 15 is 0 Å². The van der Waals surface area contributed by atoms with Gasteiger partial charge in [0.1, 0.15) is 0 Å². The molecular weight excluding hydrogens is 348 g/mol. The minimum atomic E-state index is -0.231. The van der Waals surface area contributed by atoms with Crippen LogP contribution < -0.4 is 5.43 Å². The van der Waals surface area contributed by atoms with Crippen molar-refractivity contribution in [3.63, 3.8) is 0 Å².